The standard InChI is InChI=1S/C25H33N7O.C2HF3O2/c1-20-17-27-25(31-15-13-30(14-16-31)18-21-7-10-29(2)11-8-21)28-24(20)33-23-5-3-22(4-6-23)32-12-9-26-19-32;3-2(4,5)1(6)7/h3-6,9,12,17,19,21H,7-8,10-11,13-16,18H2,1-2H3;(H,6,7). The van der Waals surface area contributed by atoms with Crippen LogP contribution < -0.4 is 9.64 Å². The number of carboxylic acids is 1. The molecule has 2 aliphatic heterocycles. The van der Waals surface area contributed by atoms with Crippen molar-refractivity contribution in [3.8, 4) is 17.3 Å². The minimum absolute atomic E-state index is 0.615. The molecule has 1 aromatic carbocycles. The van der Waals surface area contributed by atoms with Crippen molar-refractivity contribution < 1.29 is 27.8 Å². The Morgan fingerprint density at radius 1 is 1.07 bits per heavy atom. The largest absolute Gasteiger partial charge is 0.490 e. The highest BCUT2D eigenvalue weighted by Crippen LogP contribution is 2.26. The summed E-state index contributed by atoms with van der Waals surface area (Å²) in [4.78, 5) is 29.7. The molecule has 0 spiro atoms. The monoisotopic (exact) mass is 561 g/mol. The van der Waals surface area contributed by atoms with Crippen molar-refractivity contribution >= 4 is 11.9 Å². The number of anilines is 1. The number of hydrogen-bond acceptors (Lipinski definition) is 8. The van der Waals surface area contributed by atoms with Crippen LogP contribution in [0.25, 0.3) is 5.69 Å². The van der Waals surface area contributed by atoms with E-state index in [2.05, 4.69) is 31.7 Å². The molecule has 5 rings (SSSR count). The van der Waals surface area contributed by atoms with Crippen molar-refractivity contribution in [3.05, 3.63) is 54.7 Å². The van der Waals surface area contributed by atoms with Gasteiger partial charge in [-0.25, -0.2) is 14.8 Å². The average molecular weight is 562 g/mol. The average Bonchev–Trinajstić information content (AvgIpc) is 3.47. The molecule has 13 heteroatoms. The van der Waals surface area contributed by atoms with Gasteiger partial charge in [0.05, 0.1) is 6.33 Å². The number of halogens is 3. The minimum Gasteiger partial charge on any atom is -0.475 e. The van der Waals surface area contributed by atoms with Gasteiger partial charge in [0.1, 0.15) is 5.75 Å². The Morgan fingerprint density at radius 2 is 1.73 bits per heavy atom. The summed E-state index contributed by atoms with van der Waals surface area (Å²) in [7, 11) is 2.23. The number of piperazine rings is 1. The lowest BCUT2D eigenvalue weighted by atomic mass is 9.96. The summed E-state index contributed by atoms with van der Waals surface area (Å²) < 4.78 is 39.8. The van der Waals surface area contributed by atoms with Crippen LogP contribution in [-0.2, 0) is 4.79 Å². The zero-order valence-corrected chi connectivity index (χ0v) is 22.6. The van der Waals surface area contributed by atoms with Crippen LogP contribution in [0.15, 0.2) is 49.2 Å². The molecule has 4 heterocycles. The Kier molecular flexibility index (Phi) is 9.58. The van der Waals surface area contributed by atoms with Gasteiger partial charge in [0.25, 0.3) is 0 Å². The normalized spacial score (nSPS) is 17.3. The quantitative estimate of drug-likeness (QED) is 0.481. The summed E-state index contributed by atoms with van der Waals surface area (Å²) >= 11 is 0. The molecule has 0 unspecified atom stereocenters. The second-order valence-corrected chi connectivity index (χ2v) is 10.1. The molecule has 2 saturated heterocycles. The third-order valence-corrected chi connectivity index (χ3v) is 7.02. The number of alkyl halides is 3. The summed E-state index contributed by atoms with van der Waals surface area (Å²) in [5.74, 6) is 0.208. The predicted octanol–water partition coefficient (Wildman–Crippen LogP) is 3.86. The van der Waals surface area contributed by atoms with Gasteiger partial charge in [-0.3, -0.25) is 4.90 Å². The molecule has 1 N–H and O–H groups in total. The molecule has 40 heavy (non-hydrogen) atoms. The van der Waals surface area contributed by atoms with Crippen LogP contribution in [0, 0.1) is 12.8 Å². The van der Waals surface area contributed by atoms with Crippen LogP contribution in [0.5, 0.6) is 11.6 Å². The molecule has 0 amide bonds. The van der Waals surface area contributed by atoms with Gasteiger partial charge < -0.3 is 24.2 Å². The zero-order valence-electron chi connectivity index (χ0n) is 22.6. The van der Waals surface area contributed by atoms with Crippen LogP contribution in [-0.4, -0.2) is 99.4 Å². The number of rotatable bonds is 6. The number of nitrogens with zero attached hydrogens (tertiary/aromatic N) is 7. The maximum absolute atomic E-state index is 10.6. The third-order valence-electron chi connectivity index (χ3n) is 7.02. The Bertz CT molecular complexity index is 1220. The number of aryl methyl sites for hydroxylation is 1. The van der Waals surface area contributed by atoms with Gasteiger partial charge in [-0.2, -0.15) is 18.2 Å². The number of piperidine rings is 1. The lowest BCUT2D eigenvalue weighted by Crippen LogP contribution is -2.49. The number of carbonyl (C=O) groups is 1. The van der Waals surface area contributed by atoms with Crippen molar-refractivity contribution in [2.24, 2.45) is 5.92 Å². The van der Waals surface area contributed by atoms with Gasteiger partial charge in [0.15, 0.2) is 0 Å². The number of aromatic nitrogens is 4. The van der Waals surface area contributed by atoms with E-state index < -0.39 is 12.1 Å². The van der Waals surface area contributed by atoms with Gasteiger partial charge in [0, 0.05) is 62.6 Å². The van der Waals surface area contributed by atoms with Gasteiger partial charge >= 0.3 is 12.1 Å². The minimum atomic E-state index is -5.08. The van der Waals surface area contributed by atoms with E-state index in [1.165, 1.54) is 32.5 Å². The Labute approximate surface area is 231 Å². The van der Waals surface area contributed by atoms with E-state index in [1.54, 1.807) is 12.5 Å². The Morgan fingerprint density at radius 3 is 2.30 bits per heavy atom. The first-order valence-corrected chi connectivity index (χ1v) is 13.1. The Hall–Kier alpha value is -3.71. The topological polar surface area (TPSA) is 99.9 Å². The van der Waals surface area contributed by atoms with Crippen molar-refractivity contribution in [1.29, 1.82) is 0 Å². The van der Waals surface area contributed by atoms with E-state index in [0.29, 0.717) is 5.88 Å². The predicted molar refractivity (Wildman–Crippen MR) is 143 cm³/mol. The van der Waals surface area contributed by atoms with Crippen molar-refractivity contribution in [2.75, 3.05) is 57.8 Å². The third kappa shape index (κ3) is 8.15. The highest BCUT2D eigenvalue weighted by atomic mass is 19.4. The van der Waals surface area contributed by atoms with Crippen molar-refractivity contribution in [3.63, 3.8) is 0 Å². The number of hydrogen-bond donors (Lipinski definition) is 1. The van der Waals surface area contributed by atoms with E-state index in [9.17, 15) is 13.2 Å². The van der Waals surface area contributed by atoms with Gasteiger partial charge in [-0.1, -0.05) is 0 Å². The number of carboxylic acid groups (broad SMARTS) is 1. The van der Waals surface area contributed by atoms with Crippen LogP contribution >= 0.6 is 0 Å². The van der Waals surface area contributed by atoms with Gasteiger partial charge in [-0.15, -0.1) is 0 Å². The molecule has 216 valence electrons. The summed E-state index contributed by atoms with van der Waals surface area (Å²) in [5.41, 5.74) is 1.97. The second-order valence-electron chi connectivity index (χ2n) is 10.1. The van der Waals surface area contributed by atoms with Gasteiger partial charge in [0.2, 0.25) is 11.8 Å². The first-order valence-electron chi connectivity index (χ1n) is 13.1. The molecule has 2 aliphatic rings. The molecule has 0 atom stereocenters. The van der Waals surface area contributed by atoms with E-state index >= 15 is 0 Å². The first-order chi connectivity index (χ1) is 19.1. The molecule has 3 aromatic rings. The smallest absolute Gasteiger partial charge is 0.475 e. The first kappa shape index (κ1) is 29.3. The van der Waals surface area contributed by atoms with Crippen LogP contribution in [0.3, 0.4) is 0 Å². The van der Waals surface area contributed by atoms with Crippen molar-refractivity contribution in [2.45, 2.75) is 25.9 Å². The zero-order chi connectivity index (χ0) is 28.7. The molecule has 2 aromatic heterocycles. The summed E-state index contributed by atoms with van der Waals surface area (Å²) in [6.45, 7) is 9.71. The van der Waals surface area contributed by atoms with Crippen LogP contribution in [0.2, 0.25) is 0 Å². The van der Waals surface area contributed by atoms with E-state index in [0.717, 1.165) is 55.0 Å². The Balaban J connectivity index is 0.000000470. The number of imidazole rings is 1. The molecular weight excluding hydrogens is 527 g/mol. The van der Waals surface area contributed by atoms with Crippen molar-refractivity contribution in [1.82, 2.24) is 29.3 Å². The SMILES string of the molecule is Cc1cnc(N2CCN(CC3CCN(C)CC3)CC2)nc1Oc1ccc(-n2ccnc2)cc1.O=C(O)C(F)(F)F. The molecular formula is C27H34F3N7O3. The molecule has 10 nitrogen and oxygen atoms in total. The fourth-order valence-corrected chi connectivity index (χ4v) is 4.62. The fraction of sp³-hybridized carbons (Fsp3) is 0.481. The molecule has 0 bridgehead atoms. The molecule has 0 aliphatic carbocycles. The summed E-state index contributed by atoms with van der Waals surface area (Å²) in [6, 6.07) is 7.94. The van der Waals surface area contributed by atoms with E-state index in [4.69, 9.17) is 19.6 Å². The van der Waals surface area contributed by atoms with Gasteiger partial charge in [-0.05, 0) is 70.1 Å². The lowest BCUT2D eigenvalue weighted by molar-refractivity contribution is -0.192. The molecule has 2 fully saturated rings. The van der Waals surface area contributed by atoms with E-state index in [1.807, 2.05) is 48.1 Å². The lowest BCUT2D eigenvalue weighted by Gasteiger charge is -2.38. The number of likely N-dealkylation sites (tertiary alicyclic amines) is 1. The second kappa shape index (κ2) is 13.1. The maximum atomic E-state index is 10.6. The summed E-state index contributed by atoms with van der Waals surface area (Å²) in [6.07, 6.45) is 4.89. The molecule has 0 radical (unpaired) electrons. The summed E-state index contributed by atoms with van der Waals surface area (Å²) in [5, 5.41) is 7.12. The number of aliphatic carboxylic acids is 1. The van der Waals surface area contributed by atoms with Crippen LogP contribution in [0.1, 0.15) is 18.4 Å². The highest BCUT2D eigenvalue weighted by Gasteiger charge is 2.38. The number of benzene rings is 1. The highest BCUT2D eigenvalue weighted by molar-refractivity contribution is 5.73. The maximum Gasteiger partial charge on any atom is 0.490 e. The van der Waals surface area contributed by atoms with E-state index in [-0.39, 0.29) is 0 Å². The number of ether oxygens (including phenoxy) is 1. The fourth-order valence-electron chi connectivity index (χ4n) is 4.62. The van der Waals surface area contributed by atoms with Crippen LogP contribution in [0.4, 0.5) is 19.1 Å². The molecule has 0 saturated carbocycles.